The molecule has 2 fully saturated rings. The van der Waals surface area contributed by atoms with Gasteiger partial charge in [0.25, 0.3) is 0 Å². The zero-order valence-corrected chi connectivity index (χ0v) is 16.7. The molecule has 2 aliphatic rings. The van der Waals surface area contributed by atoms with Crippen LogP contribution in [0, 0.1) is 0 Å². The highest BCUT2D eigenvalue weighted by molar-refractivity contribution is 8.22. The summed E-state index contributed by atoms with van der Waals surface area (Å²) in [6.45, 7) is 5.42. The van der Waals surface area contributed by atoms with Gasteiger partial charge in [0.05, 0.1) is 6.10 Å². The largest absolute Gasteiger partial charge is 0.467 e. The van der Waals surface area contributed by atoms with Gasteiger partial charge in [-0.3, -0.25) is 0 Å². The molecule has 140 valence electrons. The Labute approximate surface area is 152 Å². The molecular weight excluding hydrogens is 356 g/mol. The third-order valence-corrected chi connectivity index (χ3v) is 5.71. The van der Waals surface area contributed by atoms with Crippen molar-refractivity contribution in [2.24, 2.45) is 0 Å². The van der Waals surface area contributed by atoms with Crippen molar-refractivity contribution in [3.8, 4) is 0 Å². The number of thioether (sulfide) groups is 1. The first-order valence-corrected chi connectivity index (χ1v) is 9.27. The number of hydrogen-bond acceptors (Lipinski definition) is 9. The van der Waals surface area contributed by atoms with E-state index in [1.807, 2.05) is 13.2 Å². The van der Waals surface area contributed by atoms with Crippen molar-refractivity contribution in [3.05, 3.63) is 0 Å². The summed E-state index contributed by atoms with van der Waals surface area (Å²) in [4.78, 5) is 0. The summed E-state index contributed by atoms with van der Waals surface area (Å²) in [6.07, 6.45) is -0.613. The van der Waals surface area contributed by atoms with Crippen molar-refractivity contribution in [2.45, 2.75) is 63.1 Å². The zero-order valence-electron chi connectivity index (χ0n) is 15.1. The van der Waals surface area contributed by atoms with Crippen molar-refractivity contribution >= 4 is 28.4 Å². The summed E-state index contributed by atoms with van der Waals surface area (Å²) < 4.78 is 41.1. The fourth-order valence-corrected chi connectivity index (χ4v) is 3.26. The third-order valence-electron chi connectivity index (χ3n) is 4.68. The van der Waals surface area contributed by atoms with E-state index in [0.717, 1.165) is 0 Å². The van der Waals surface area contributed by atoms with Crippen LogP contribution in [0.1, 0.15) is 20.8 Å². The minimum absolute atomic E-state index is 0.293. The molecule has 9 heteroatoms. The van der Waals surface area contributed by atoms with Crippen molar-refractivity contribution in [1.82, 2.24) is 0 Å². The summed E-state index contributed by atoms with van der Waals surface area (Å²) in [5.41, 5.74) is 0. The predicted octanol–water partition coefficient (Wildman–Crippen LogP) is 1.92. The van der Waals surface area contributed by atoms with E-state index in [1.165, 1.54) is 11.8 Å². The summed E-state index contributed by atoms with van der Waals surface area (Å²) in [6, 6.07) is 0. The lowest BCUT2D eigenvalue weighted by molar-refractivity contribution is -0.476. The molecular formula is C15H26O7S2. The molecule has 24 heavy (non-hydrogen) atoms. The standard InChI is InChI=1S/C15H26O7S2/c1-8-9-10(11(12(16-4)19-8)20-13(23)24-7)22-15(3,18-6)14(2,17-5)21-9/h8-12H,1-7H3/t8-,9-,10+,11+,12+,14+,15+/m1/s1. The van der Waals surface area contributed by atoms with Gasteiger partial charge in [0.1, 0.15) is 12.2 Å². The van der Waals surface area contributed by atoms with Gasteiger partial charge in [-0.15, -0.1) is 0 Å². The van der Waals surface area contributed by atoms with Crippen LogP contribution < -0.4 is 0 Å². The second kappa shape index (κ2) is 7.71. The Balaban J connectivity index is 2.35. The molecule has 0 bridgehead atoms. The predicted molar refractivity (Wildman–Crippen MR) is 92.9 cm³/mol. The van der Waals surface area contributed by atoms with E-state index in [2.05, 4.69) is 0 Å². The number of methoxy groups -OCH3 is 3. The molecule has 7 atom stereocenters. The molecule has 0 unspecified atom stereocenters. The molecule has 0 aliphatic carbocycles. The average Bonchev–Trinajstić information content (AvgIpc) is 2.58. The molecule has 2 heterocycles. The topological polar surface area (TPSA) is 64.6 Å². The maximum atomic E-state index is 6.27. The summed E-state index contributed by atoms with van der Waals surface area (Å²) in [5, 5.41) is 0. The molecule has 0 aromatic heterocycles. The zero-order chi connectivity index (χ0) is 18.1. The van der Waals surface area contributed by atoms with Crippen molar-refractivity contribution in [2.75, 3.05) is 27.6 Å². The van der Waals surface area contributed by atoms with Crippen LogP contribution in [0.3, 0.4) is 0 Å². The van der Waals surface area contributed by atoms with Crippen LogP contribution in [0.15, 0.2) is 0 Å². The minimum atomic E-state index is -1.14. The lowest BCUT2D eigenvalue weighted by Crippen LogP contribution is -2.72. The van der Waals surface area contributed by atoms with Crippen LogP contribution in [-0.4, -0.2) is 74.2 Å². The van der Waals surface area contributed by atoms with E-state index >= 15 is 0 Å². The van der Waals surface area contributed by atoms with Crippen LogP contribution in [0.4, 0.5) is 0 Å². The number of hydrogen-bond donors (Lipinski definition) is 0. The van der Waals surface area contributed by atoms with Gasteiger partial charge in [-0.05, 0) is 39.2 Å². The second-order valence-electron chi connectivity index (χ2n) is 5.95. The number of fused-ring (bicyclic) bond motifs is 1. The molecule has 0 aromatic rings. The van der Waals surface area contributed by atoms with E-state index in [0.29, 0.717) is 4.38 Å². The molecule has 7 nitrogen and oxygen atoms in total. The number of ether oxygens (including phenoxy) is 7. The summed E-state index contributed by atoms with van der Waals surface area (Å²) >= 11 is 6.52. The fourth-order valence-electron chi connectivity index (χ4n) is 2.94. The normalized spacial score (nSPS) is 45.5. The molecule has 2 saturated heterocycles. The fraction of sp³-hybridized carbons (Fsp3) is 0.933. The van der Waals surface area contributed by atoms with Crippen LogP contribution >= 0.6 is 24.0 Å². The quantitative estimate of drug-likeness (QED) is 0.679. The molecule has 0 aromatic carbocycles. The first-order valence-electron chi connectivity index (χ1n) is 7.64. The first-order chi connectivity index (χ1) is 11.2. The highest BCUT2D eigenvalue weighted by Gasteiger charge is 2.62. The van der Waals surface area contributed by atoms with Crippen molar-refractivity contribution in [3.63, 3.8) is 0 Å². The molecule has 0 amide bonds. The average molecular weight is 383 g/mol. The van der Waals surface area contributed by atoms with Crippen molar-refractivity contribution < 1.29 is 33.2 Å². The van der Waals surface area contributed by atoms with Gasteiger partial charge in [0.15, 0.2) is 12.4 Å². The van der Waals surface area contributed by atoms with Gasteiger partial charge in [-0.1, -0.05) is 11.8 Å². The maximum Gasteiger partial charge on any atom is 0.220 e. The van der Waals surface area contributed by atoms with Gasteiger partial charge in [-0.25, -0.2) is 0 Å². The number of rotatable bonds is 4. The monoisotopic (exact) mass is 382 g/mol. The Morgan fingerprint density at radius 3 is 2.04 bits per heavy atom. The Morgan fingerprint density at radius 2 is 1.58 bits per heavy atom. The molecule has 0 saturated carbocycles. The van der Waals surface area contributed by atoms with Gasteiger partial charge in [0.2, 0.25) is 16.0 Å². The molecule has 2 rings (SSSR count). The van der Waals surface area contributed by atoms with E-state index in [9.17, 15) is 0 Å². The smallest absolute Gasteiger partial charge is 0.220 e. The highest BCUT2D eigenvalue weighted by Crippen LogP contribution is 2.44. The Kier molecular flexibility index (Phi) is 6.53. The third kappa shape index (κ3) is 3.45. The van der Waals surface area contributed by atoms with Gasteiger partial charge in [0, 0.05) is 21.3 Å². The molecule has 0 radical (unpaired) electrons. The van der Waals surface area contributed by atoms with Crippen LogP contribution in [-0.2, 0) is 33.2 Å². The molecule has 0 N–H and O–H groups in total. The van der Waals surface area contributed by atoms with E-state index < -0.39 is 36.2 Å². The lowest BCUT2D eigenvalue weighted by atomic mass is 9.94. The van der Waals surface area contributed by atoms with Gasteiger partial charge < -0.3 is 33.2 Å². The van der Waals surface area contributed by atoms with E-state index in [-0.39, 0.29) is 6.10 Å². The van der Waals surface area contributed by atoms with Gasteiger partial charge >= 0.3 is 0 Å². The Hall–Kier alpha value is -0.000000000000000111. The van der Waals surface area contributed by atoms with Gasteiger partial charge in [-0.2, -0.15) is 0 Å². The SMILES string of the molecule is CO[C@H]1O[C@H](C)[C@H]2O[C@](C)(OC)[C@@](C)(OC)O[C@@H]2[C@@H]1OC(=S)SC. The Bertz CT molecular complexity index is 465. The Morgan fingerprint density at radius 1 is 1.04 bits per heavy atom. The van der Waals surface area contributed by atoms with Crippen LogP contribution in [0.25, 0.3) is 0 Å². The first kappa shape index (κ1) is 20.3. The van der Waals surface area contributed by atoms with E-state index in [1.54, 1.807) is 35.2 Å². The second-order valence-corrected chi connectivity index (χ2v) is 7.35. The molecule has 0 spiro atoms. The maximum absolute atomic E-state index is 6.27. The lowest BCUT2D eigenvalue weighted by Gasteiger charge is -2.56. The summed E-state index contributed by atoms with van der Waals surface area (Å²) in [5.74, 6) is -2.24. The molecule has 2 aliphatic heterocycles. The van der Waals surface area contributed by atoms with Crippen LogP contribution in [0.5, 0.6) is 0 Å². The minimum Gasteiger partial charge on any atom is -0.467 e. The van der Waals surface area contributed by atoms with E-state index in [4.69, 9.17) is 45.4 Å². The summed E-state index contributed by atoms with van der Waals surface area (Å²) in [7, 11) is 4.64. The number of thiocarbonyl (C=S) groups is 1. The van der Waals surface area contributed by atoms with Crippen LogP contribution in [0.2, 0.25) is 0 Å². The highest BCUT2D eigenvalue weighted by atomic mass is 32.2. The van der Waals surface area contributed by atoms with Crippen molar-refractivity contribution in [1.29, 1.82) is 0 Å².